The second-order valence-electron chi connectivity index (χ2n) is 9.97. The second kappa shape index (κ2) is 26.9. The van der Waals surface area contributed by atoms with E-state index in [2.05, 4.69) is 12.2 Å². The lowest BCUT2D eigenvalue weighted by atomic mass is 10.0. The van der Waals surface area contributed by atoms with Crippen molar-refractivity contribution in [2.45, 2.75) is 147 Å². The molecule has 1 unspecified atom stereocenters. The Morgan fingerprint density at radius 3 is 1.31 bits per heavy atom. The summed E-state index contributed by atoms with van der Waals surface area (Å²) in [6.45, 7) is 2.25. The topological polar surface area (TPSA) is 204 Å². The van der Waals surface area contributed by atoms with Gasteiger partial charge < -0.3 is 31.5 Å². The maximum atomic E-state index is 11.8. The first-order chi connectivity index (χ1) is 18.5. The van der Waals surface area contributed by atoms with Crippen LogP contribution in [0.25, 0.3) is 0 Å². The quantitative estimate of drug-likeness (QED) is 0.0829. The van der Waals surface area contributed by atoms with Crippen molar-refractivity contribution in [1.29, 1.82) is 0 Å². The number of hydrogen-bond donors (Lipinski definition) is 6. The Morgan fingerprint density at radius 1 is 0.564 bits per heavy atom. The number of carboxylic acids is 4. The second-order valence-corrected chi connectivity index (χ2v) is 9.97. The lowest BCUT2D eigenvalue weighted by Crippen LogP contribution is -2.41. The molecule has 0 aromatic heterocycles. The fourth-order valence-corrected chi connectivity index (χ4v) is 3.85. The average molecular weight is 561 g/mol. The van der Waals surface area contributed by atoms with E-state index in [0.29, 0.717) is 6.42 Å². The molecule has 0 aliphatic carbocycles. The van der Waals surface area contributed by atoms with Crippen LogP contribution in [0.3, 0.4) is 0 Å². The van der Waals surface area contributed by atoms with Gasteiger partial charge in [-0.2, -0.15) is 0 Å². The van der Waals surface area contributed by atoms with Gasteiger partial charge in [-0.1, -0.05) is 96.8 Å². The zero-order valence-electron chi connectivity index (χ0n) is 23.7. The van der Waals surface area contributed by atoms with Crippen molar-refractivity contribution in [3.63, 3.8) is 0 Å². The summed E-state index contributed by atoms with van der Waals surface area (Å²) in [4.78, 5) is 53.3. The highest BCUT2D eigenvalue weighted by molar-refractivity contribution is 5.83. The van der Waals surface area contributed by atoms with Gasteiger partial charge in [0.05, 0.1) is 0 Å². The van der Waals surface area contributed by atoms with E-state index >= 15 is 0 Å². The minimum atomic E-state index is -1.18. The number of carbonyl (C=O) groups excluding carboxylic acids is 1. The molecule has 2 atom stereocenters. The molecular weight excluding hydrogens is 508 g/mol. The van der Waals surface area contributed by atoms with Gasteiger partial charge in [-0.15, -0.1) is 0 Å². The van der Waals surface area contributed by atoms with Gasteiger partial charge in [-0.25, -0.2) is 4.79 Å². The predicted molar refractivity (Wildman–Crippen MR) is 148 cm³/mol. The molecule has 0 fully saturated rings. The van der Waals surface area contributed by atoms with Gasteiger partial charge in [0.2, 0.25) is 5.91 Å². The Balaban J connectivity index is 0. The number of rotatable bonds is 25. The Morgan fingerprint density at radius 2 is 0.949 bits per heavy atom. The molecule has 0 radical (unpaired) electrons. The summed E-state index contributed by atoms with van der Waals surface area (Å²) in [6, 6.07) is -2.17. The highest BCUT2D eigenvalue weighted by Crippen LogP contribution is 2.13. The molecule has 0 bridgehead atoms. The van der Waals surface area contributed by atoms with Gasteiger partial charge in [0.1, 0.15) is 12.1 Å². The minimum absolute atomic E-state index is 0.0231. The van der Waals surface area contributed by atoms with E-state index in [1.807, 2.05) is 0 Å². The molecule has 0 aliphatic heterocycles. The summed E-state index contributed by atoms with van der Waals surface area (Å²) in [6.07, 6.45) is 18.6. The van der Waals surface area contributed by atoms with E-state index in [4.69, 9.17) is 26.2 Å². The molecular formula is C28H52N2O9. The number of carboxylic acid groups (broad SMARTS) is 4. The third kappa shape index (κ3) is 29.7. The third-order valence-corrected chi connectivity index (χ3v) is 6.27. The number of aliphatic carboxylic acids is 4. The van der Waals surface area contributed by atoms with Crippen LogP contribution in [0, 0.1) is 0 Å². The molecule has 11 nitrogen and oxygen atoms in total. The van der Waals surface area contributed by atoms with Crippen molar-refractivity contribution in [3.05, 3.63) is 0 Å². The Kier molecular flexibility index (Phi) is 26.5. The number of hydrogen-bond acceptors (Lipinski definition) is 6. The summed E-state index contributed by atoms with van der Waals surface area (Å²) < 4.78 is 0. The van der Waals surface area contributed by atoms with Crippen LogP contribution in [0.1, 0.15) is 135 Å². The number of amides is 1. The van der Waals surface area contributed by atoms with Gasteiger partial charge in [0, 0.05) is 19.3 Å². The van der Waals surface area contributed by atoms with Crippen LogP contribution >= 0.6 is 0 Å². The summed E-state index contributed by atoms with van der Waals surface area (Å²) in [7, 11) is 0. The molecule has 1 amide bonds. The van der Waals surface area contributed by atoms with Gasteiger partial charge >= 0.3 is 23.9 Å². The first-order valence-corrected chi connectivity index (χ1v) is 14.4. The van der Waals surface area contributed by atoms with Crippen LogP contribution in [-0.2, 0) is 24.0 Å². The van der Waals surface area contributed by atoms with E-state index in [1.54, 1.807) is 0 Å². The van der Waals surface area contributed by atoms with E-state index in [9.17, 15) is 24.0 Å². The fourth-order valence-electron chi connectivity index (χ4n) is 3.85. The molecule has 0 rings (SSSR count). The molecule has 0 heterocycles. The minimum Gasteiger partial charge on any atom is -0.481 e. The predicted octanol–water partition coefficient (Wildman–Crippen LogP) is 4.95. The molecule has 39 heavy (non-hydrogen) atoms. The van der Waals surface area contributed by atoms with Crippen molar-refractivity contribution in [2.24, 2.45) is 5.73 Å². The van der Waals surface area contributed by atoms with E-state index in [1.165, 1.54) is 77.0 Å². The largest absolute Gasteiger partial charge is 0.481 e. The maximum absolute atomic E-state index is 11.8. The molecule has 0 spiro atoms. The number of nitrogens with two attached hydrogens (primary N) is 1. The normalized spacial score (nSPS) is 12.1. The first kappa shape index (κ1) is 38.5. The van der Waals surface area contributed by atoms with Crippen LogP contribution in [0.2, 0.25) is 0 Å². The summed E-state index contributed by atoms with van der Waals surface area (Å²) >= 11 is 0. The van der Waals surface area contributed by atoms with Gasteiger partial charge in [0.15, 0.2) is 0 Å². The van der Waals surface area contributed by atoms with Crippen LogP contribution in [-0.4, -0.2) is 62.3 Å². The lowest BCUT2D eigenvalue weighted by Gasteiger charge is -2.13. The SMILES string of the molecule is CCCCCCCCCCCCCCCCCC(=O)N[C@@H](CCC(=O)O)C(=O)O.NC(CCC(=O)O)C(=O)O. The fraction of sp³-hybridized carbons (Fsp3) is 0.821. The van der Waals surface area contributed by atoms with Crippen LogP contribution in [0.15, 0.2) is 0 Å². The van der Waals surface area contributed by atoms with Crippen molar-refractivity contribution >= 4 is 29.8 Å². The van der Waals surface area contributed by atoms with E-state index in [-0.39, 0.29) is 31.6 Å². The monoisotopic (exact) mass is 560 g/mol. The summed E-state index contributed by atoms with van der Waals surface area (Å²) in [5, 5.41) is 36.3. The third-order valence-electron chi connectivity index (χ3n) is 6.27. The smallest absolute Gasteiger partial charge is 0.326 e. The summed E-state index contributed by atoms with van der Waals surface area (Å²) in [5.74, 6) is -4.75. The van der Waals surface area contributed by atoms with Crippen LogP contribution < -0.4 is 11.1 Å². The Bertz CT molecular complexity index is 686. The van der Waals surface area contributed by atoms with Crippen molar-refractivity contribution in [2.75, 3.05) is 0 Å². The van der Waals surface area contributed by atoms with Crippen molar-refractivity contribution < 1.29 is 44.4 Å². The summed E-state index contributed by atoms with van der Waals surface area (Å²) in [5.41, 5.74) is 5.00. The highest BCUT2D eigenvalue weighted by Gasteiger charge is 2.20. The molecule has 0 aliphatic rings. The molecule has 0 saturated carbocycles. The van der Waals surface area contributed by atoms with Crippen LogP contribution in [0.4, 0.5) is 0 Å². The Hall–Kier alpha value is -2.69. The molecule has 0 aromatic rings. The number of carbonyl (C=O) groups is 5. The number of nitrogens with one attached hydrogen (secondary N) is 1. The molecule has 228 valence electrons. The molecule has 11 heteroatoms. The standard InChI is InChI=1S/C23H43NO5.C5H9NO4/c1-2-3-4-5-6-7-8-9-10-11-12-13-14-15-16-17-21(25)24-20(23(28)29)18-19-22(26)27;6-3(5(9)10)1-2-4(7)8/h20H,2-19H2,1H3,(H,24,25)(H,26,27)(H,28,29);3H,1-2,6H2,(H,7,8)(H,9,10)/t20-;/m0./s1. The van der Waals surface area contributed by atoms with Crippen molar-refractivity contribution in [1.82, 2.24) is 5.32 Å². The van der Waals surface area contributed by atoms with Crippen LogP contribution in [0.5, 0.6) is 0 Å². The zero-order chi connectivity index (χ0) is 29.9. The van der Waals surface area contributed by atoms with Crippen molar-refractivity contribution in [3.8, 4) is 0 Å². The molecule has 0 aromatic carbocycles. The molecule has 7 N–H and O–H groups in total. The first-order valence-electron chi connectivity index (χ1n) is 14.4. The highest BCUT2D eigenvalue weighted by atomic mass is 16.4. The zero-order valence-corrected chi connectivity index (χ0v) is 23.7. The molecule has 0 saturated heterocycles. The van der Waals surface area contributed by atoms with Gasteiger partial charge in [0.25, 0.3) is 0 Å². The number of unbranched alkanes of at least 4 members (excludes halogenated alkanes) is 14. The van der Waals surface area contributed by atoms with Gasteiger partial charge in [-0.05, 0) is 19.3 Å². The van der Waals surface area contributed by atoms with Gasteiger partial charge in [-0.3, -0.25) is 19.2 Å². The maximum Gasteiger partial charge on any atom is 0.326 e. The average Bonchev–Trinajstić information content (AvgIpc) is 2.87. The lowest BCUT2D eigenvalue weighted by molar-refractivity contribution is -0.143. The Labute approximate surface area is 232 Å². The van der Waals surface area contributed by atoms with E-state index in [0.717, 1.165) is 19.3 Å². The van der Waals surface area contributed by atoms with E-state index < -0.39 is 36.0 Å².